The van der Waals surface area contributed by atoms with Crippen molar-refractivity contribution < 1.29 is 4.79 Å². The third-order valence-corrected chi connectivity index (χ3v) is 5.87. The number of aromatic nitrogens is 2. The highest BCUT2D eigenvalue weighted by Gasteiger charge is 2.46. The second-order valence-corrected chi connectivity index (χ2v) is 7.63. The Bertz CT molecular complexity index is 784. The van der Waals surface area contributed by atoms with E-state index in [1.165, 1.54) is 11.1 Å². The number of hydrogen-bond acceptors (Lipinski definition) is 3. The van der Waals surface area contributed by atoms with E-state index in [1.807, 2.05) is 19.4 Å². The summed E-state index contributed by atoms with van der Waals surface area (Å²) >= 11 is 0. The lowest BCUT2D eigenvalue weighted by Crippen LogP contribution is -2.39. The number of carbonyl (C=O) groups excluding carboxylic acids is 1. The summed E-state index contributed by atoms with van der Waals surface area (Å²) in [6.07, 6.45) is 6.22. The van der Waals surface area contributed by atoms with Gasteiger partial charge in [0, 0.05) is 44.2 Å². The second kappa shape index (κ2) is 7.41. The molecular weight excluding hydrogens is 348 g/mol. The molecule has 6 heteroatoms. The lowest BCUT2D eigenvalue weighted by molar-refractivity contribution is -0.124. The quantitative estimate of drug-likeness (QED) is 0.844. The van der Waals surface area contributed by atoms with Crippen LogP contribution in [-0.2, 0) is 17.3 Å². The van der Waals surface area contributed by atoms with Crippen LogP contribution in [0, 0.1) is 12.8 Å². The number of carbonyl (C=O) groups is 1. The van der Waals surface area contributed by atoms with Crippen LogP contribution in [-0.4, -0.2) is 35.3 Å². The van der Waals surface area contributed by atoms with E-state index < -0.39 is 0 Å². The highest BCUT2D eigenvalue weighted by atomic mass is 35.5. The minimum absolute atomic E-state index is 0. The van der Waals surface area contributed by atoms with Crippen LogP contribution in [0.5, 0.6) is 0 Å². The molecule has 4 rings (SSSR count). The molecule has 26 heavy (non-hydrogen) atoms. The summed E-state index contributed by atoms with van der Waals surface area (Å²) in [7, 11) is 1.92. The molecule has 1 amide bonds. The van der Waals surface area contributed by atoms with Crippen molar-refractivity contribution in [2.24, 2.45) is 13.0 Å². The monoisotopic (exact) mass is 374 g/mol. The van der Waals surface area contributed by atoms with Crippen LogP contribution in [0.25, 0.3) is 0 Å². The molecule has 2 aliphatic rings. The highest BCUT2D eigenvalue weighted by molar-refractivity contribution is 5.85. The zero-order chi connectivity index (χ0) is 17.4. The van der Waals surface area contributed by atoms with Gasteiger partial charge in [0.05, 0.1) is 12.1 Å². The maximum Gasteiger partial charge on any atom is 0.225 e. The van der Waals surface area contributed by atoms with E-state index in [0.29, 0.717) is 0 Å². The van der Waals surface area contributed by atoms with E-state index in [0.717, 1.165) is 38.0 Å². The molecule has 0 bridgehead atoms. The number of halogens is 1. The van der Waals surface area contributed by atoms with Gasteiger partial charge in [-0.05, 0) is 36.5 Å². The lowest BCUT2D eigenvalue weighted by Gasteiger charge is -2.22. The van der Waals surface area contributed by atoms with E-state index >= 15 is 0 Å². The fraction of sp³-hybridized carbons (Fsp3) is 0.500. The molecule has 0 unspecified atom stereocenters. The van der Waals surface area contributed by atoms with Crippen molar-refractivity contribution in [2.45, 2.75) is 31.1 Å². The van der Waals surface area contributed by atoms with Gasteiger partial charge in [0.2, 0.25) is 5.91 Å². The summed E-state index contributed by atoms with van der Waals surface area (Å²) in [5.74, 6) is 0.359. The molecule has 1 aromatic heterocycles. The van der Waals surface area contributed by atoms with Gasteiger partial charge in [0.25, 0.3) is 0 Å². The van der Waals surface area contributed by atoms with Gasteiger partial charge in [-0.25, -0.2) is 0 Å². The van der Waals surface area contributed by atoms with Crippen molar-refractivity contribution >= 4 is 18.3 Å². The Labute approximate surface area is 161 Å². The van der Waals surface area contributed by atoms with E-state index in [4.69, 9.17) is 0 Å². The normalized spacial score (nSPS) is 23.3. The number of hydrogen-bond donors (Lipinski definition) is 2. The van der Waals surface area contributed by atoms with E-state index in [1.54, 1.807) is 4.68 Å². The maximum absolute atomic E-state index is 12.8. The van der Waals surface area contributed by atoms with Crippen molar-refractivity contribution in [1.29, 1.82) is 0 Å². The van der Waals surface area contributed by atoms with E-state index in [-0.39, 0.29) is 35.6 Å². The molecule has 1 aromatic carbocycles. The molecule has 1 aliphatic heterocycles. The molecule has 5 nitrogen and oxygen atoms in total. The van der Waals surface area contributed by atoms with E-state index in [9.17, 15) is 4.79 Å². The molecule has 1 saturated carbocycles. The maximum atomic E-state index is 12.8. The topological polar surface area (TPSA) is 59.0 Å². The fourth-order valence-electron chi connectivity index (χ4n) is 4.18. The summed E-state index contributed by atoms with van der Waals surface area (Å²) in [6.45, 7) is 4.49. The van der Waals surface area contributed by atoms with Gasteiger partial charge in [-0.1, -0.05) is 24.3 Å². The first-order chi connectivity index (χ1) is 12.1. The van der Waals surface area contributed by atoms with Gasteiger partial charge < -0.3 is 10.6 Å². The molecule has 2 N–H and O–H groups in total. The van der Waals surface area contributed by atoms with Gasteiger partial charge in [-0.2, -0.15) is 5.10 Å². The molecule has 1 saturated heterocycles. The van der Waals surface area contributed by atoms with Crippen molar-refractivity contribution in [3.05, 3.63) is 53.3 Å². The zero-order valence-electron chi connectivity index (χ0n) is 15.4. The van der Waals surface area contributed by atoms with Gasteiger partial charge in [-0.3, -0.25) is 9.48 Å². The Hall–Kier alpha value is -1.85. The molecule has 2 heterocycles. The SMILES string of the molecule is Cc1ccccc1C1(CNC(=O)[C@H]2CNC[C@@H]2c2cnn(C)c2)CC1.Cl. The summed E-state index contributed by atoms with van der Waals surface area (Å²) in [4.78, 5) is 12.8. The predicted molar refractivity (Wildman–Crippen MR) is 105 cm³/mol. The van der Waals surface area contributed by atoms with Crippen LogP contribution in [0.15, 0.2) is 36.7 Å². The van der Waals surface area contributed by atoms with Gasteiger partial charge in [0.1, 0.15) is 0 Å². The average molecular weight is 375 g/mol. The first kappa shape index (κ1) is 18.9. The van der Waals surface area contributed by atoms with E-state index in [2.05, 4.69) is 46.9 Å². The number of nitrogens with zero attached hydrogens (tertiary/aromatic N) is 2. The molecule has 2 atom stereocenters. The van der Waals surface area contributed by atoms with Crippen molar-refractivity contribution in [2.75, 3.05) is 19.6 Å². The molecule has 0 spiro atoms. The minimum Gasteiger partial charge on any atom is -0.355 e. The number of nitrogens with one attached hydrogen (secondary N) is 2. The van der Waals surface area contributed by atoms with Crippen LogP contribution in [0.4, 0.5) is 0 Å². The zero-order valence-corrected chi connectivity index (χ0v) is 16.2. The number of amides is 1. The Morgan fingerprint density at radius 1 is 1.35 bits per heavy atom. The first-order valence-electron chi connectivity index (χ1n) is 9.12. The lowest BCUT2D eigenvalue weighted by atomic mass is 9.89. The smallest absolute Gasteiger partial charge is 0.225 e. The molecule has 140 valence electrons. The van der Waals surface area contributed by atoms with Crippen LogP contribution >= 0.6 is 12.4 Å². The molecule has 2 aromatic rings. The molecular formula is C20H27ClN4O. The summed E-state index contributed by atoms with van der Waals surface area (Å²) in [6, 6.07) is 8.56. The number of rotatable bonds is 5. The average Bonchev–Trinajstić information content (AvgIpc) is 3.02. The summed E-state index contributed by atoms with van der Waals surface area (Å²) in [5.41, 5.74) is 4.01. The Morgan fingerprint density at radius 2 is 2.12 bits per heavy atom. The minimum atomic E-state index is -0.0168. The van der Waals surface area contributed by atoms with Crippen LogP contribution in [0.3, 0.4) is 0 Å². The standard InChI is InChI=1S/C20H26N4O.ClH/c1-14-5-3-4-6-18(14)20(7-8-20)13-22-19(25)17-11-21-10-16(17)15-9-23-24(2)12-15;/h3-6,9,12,16-17,21H,7-8,10-11,13H2,1-2H3,(H,22,25);1H/t16-,17+;/m1./s1. The summed E-state index contributed by atoms with van der Waals surface area (Å²) < 4.78 is 1.81. The molecule has 2 fully saturated rings. The van der Waals surface area contributed by atoms with Crippen LogP contribution in [0.1, 0.15) is 35.4 Å². The van der Waals surface area contributed by atoms with Gasteiger partial charge in [0.15, 0.2) is 0 Å². The third-order valence-electron chi connectivity index (χ3n) is 5.87. The number of benzene rings is 1. The number of aryl methyl sites for hydroxylation is 2. The Kier molecular flexibility index (Phi) is 5.39. The van der Waals surface area contributed by atoms with Gasteiger partial charge in [-0.15, -0.1) is 12.4 Å². The summed E-state index contributed by atoms with van der Waals surface area (Å²) in [5, 5.41) is 10.9. The Balaban J connectivity index is 0.00000196. The van der Waals surface area contributed by atoms with Crippen molar-refractivity contribution in [3.8, 4) is 0 Å². The highest BCUT2D eigenvalue weighted by Crippen LogP contribution is 2.48. The van der Waals surface area contributed by atoms with Gasteiger partial charge >= 0.3 is 0 Å². The second-order valence-electron chi connectivity index (χ2n) is 7.63. The van der Waals surface area contributed by atoms with Crippen molar-refractivity contribution in [3.63, 3.8) is 0 Å². The fourth-order valence-corrected chi connectivity index (χ4v) is 4.18. The van der Waals surface area contributed by atoms with Crippen molar-refractivity contribution in [1.82, 2.24) is 20.4 Å². The molecule has 0 radical (unpaired) electrons. The Morgan fingerprint density at radius 3 is 2.77 bits per heavy atom. The largest absolute Gasteiger partial charge is 0.355 e. The van der Waals surface area contributed by atoms with Crippen LogP contribution in [0.2, 0.25) is 0 Å². The molecule has 1 aliphatic carbocycles. The van der Waals surface area contributed by atoms with Crippen LogP contribution < -0.4 is 10.6 Å². The first-order valence-corrected chi connectivity index (χ1v) is 9.12. The predicted octanol–water partition coefficient (Wildman–Crippen LogP) is 2.30. The third kappa shape index (κ3) is 3.51.